The summed E-state index contributed by atoms with van der Waals surface area (Å²) in [5.74, 6) is 0. The molecule has 124 valence electrons. The lowest BCUT2D eigenvalue weighted by Gasteiger charge is -2.26. The van der Waals surface area contributed by atoms with Gasteiger partial charge in [0.25, 0.3) is 0 Å². The number of carbonyl (C=O) groups excluding carboxylic acids is 1. The van der Waals surface area contributed by atoms with Crippen LogP contribution < -0.4 is 5.32 Å². The molecule has 1 aromatic rings. The van der Waals surface area contributed by atoms with Crippen molar-refractivity contribution in [1.29, 1.82) is 0 Å². The smallest absolute Gasteiger partial charge is 0.410 e. The highest BCUT2D eigenvalue weighted by molar-refractivity contribution is 7.15. The number of aromatic nitrogens is 2. The summed E-state index contributed by atoms with van der Waals surface area (Å²) >= 11 is 1.61. The minimum atomic E-state index is -0.440. The number of ether oxygens (including phenoxy) is 1. The number of likely N-dealkylation sites (tertiary alicyclic amines) is 1. The van der Waals surface area contributed by atoms with Crippen molar-refractivity contribution >= 4 is 22.6 Å². The zero-order valence-corrected chi connectivity index (χ0v) is 14.7. The molecule has 1 atom stereocenters. The molecule has 1 fully saturated rings. The third-order valence-electron chi connectivity index (χ3n) is 3.48. The summed E-state index contributed by atoms with van der Waals surface area (Å²) in [7, 11) is 0. The molecule has 1 N–H and O–H groups in total. The van der Waals surface area contributed by atoms with E-state index in [-0.39, 0.29) is 6.09 Å². The van der Waals surface area contributed by atoms with E-state index < -0.39 is 5.60 Å². The normalized spacial score (nSPS) is 19.6. The molecule has 1 amide bonds. The van der Waals surface area contributed by atoms with Gasteiger partial charge >= 0.3 is 6.09 Å². The molecule has 0 aliphatic carbocycles. The first-order valence-corrected chi connectivity index (χ1v) is 8.76. The monoisotopic (exact) mass is 326 g/mol. The van der Waals surface area contributed by atoms with Crippen molar-refractivity contribution in [3.8, 4) is 0 Å². The third-order valence-corrected chi connectivity index (χ3v) is 4.48. The standard InChI is InChI=1S/C15H26N4O2S/c1-5-12-17-18-13(22-12)16-11-7-6-9-19(10-8-11)14(20)21-15(2,3)4/h11H,5-10H2,1-4H3,(H,16,18). The second kappa shape index (κ2) is 7.26. The molecule has 0 spiro atoms. The molecule has 1 saturated heterocycles. The van der Waals surface area contributed by atoms with Crippen molar-refractivity contribution in [1.82, 2.24) is 15.1 Å². The molecule has 2 heterocycles. The van der Waals surface area contributed by atoms with Crippen LogP contribution in [0.2, 0.25) is 0 Å². The number of rotatable bonds is 3. The van der Waals surface area contributed by atoms with Crippen LogP contribution in [0.4, 0.5) is 9.93 Å². The maximum absolute atomic E-state index is 12.1. The SMILES string of the molecule is CCc1nnc(NC2CCCN(C(=O)OC(C)(C)C)CC2)s1. The average Bonchev–Trinajstić information content (AvgIpc) is 2.74. The van der Waals surface area contributed by atoms with Crippen LogP contribution in [-0.4, -0.2) is 45.9 Å². The van der Waals surface area contributed by atoms with Crippen LogP contribution in [0.5, 0.6) is 0 Å². The van der Waals surface area contributed by atoms with Crippen molar-refractivity contribution < 1.29 is 9.53 Å². The van der Waals surface area contributed by atoms with Gasteiger partial charge in [-0.15, -0.1) is 10.2 Å². The van der Waals surface area contributed by atoms with Gasteiger partial charge in [-0.2, -0.15) is 0 Å². The van der Waals surface area contributed by atoms with Gasteiger partial charge in [-0.3, -0.25) is 0 Å². The molecule has 22 heavy (non-hydrogen) atoms. The first-order chi connectivity index (χ1) is 10.4. The Balaban J connectivity index is 1.85. The summed E-state index contributed by atoms with van der Waals surface area (Å²) in [5.41, 5.74) is -0.440. The van der Waals surface area contributed by atoms with E-state index in [4.69, 9.17) is 4.74 Å². The van der Waals surface area contributed by atoms with Gasteiger partial charge in [0, 0.05) is 19.1 Å². The van der Waals surface area contributed by atoms with Gasteiger partial charge in [0.2, 0.25) is 5.13 Å². The minimum absolute atomic E-state index is 0.211. The Morgan fingerprint density at radius 1 is 1.36 bits per heavy atom. The van der Waals surface area contributed by atoms with E-state index in [1.165, 1.54) is 0 Å². The number of nitrogens with one attached hydrogen (secondary N) is 1. The van der Waals surface area contributed by atoms with E-state index >= 15 is 0 Å². The lowest BCUT2D eigenvalue weighted by Crippen LogP contribution is -2.37. The summed E-state index contributed by atoms with van der Waals surface area (Å²) in [6, 6.07) is 0.338. The van der Waals surface area contributed by atoms with Crippen molar-refractivity contribution in [3.05, 3.63) is 5.01 Å². The van der Waals surface area contributed by atoms with E-state index in [1.54, 1.807) is 11.3 Å². The summed E-state index contributed by atoms with van der Waals surface area (Å²) in [4.78, 5) is 13.9. The van der Waals surface area contributed by atoms with Crippen LogP contribution in [-0.2, 0) is 11.2 Å². The second-order valence-corrected chi connectivity index (χ2v) is 7.66. The molecule has 1 aliphatic rings. The number of carbonyl (C=O) groups is 1. The van der Waals surface area contributed by atoms with Crippen LogP contribution in [0, 0.1) is 0 Å². The van der Waals surface area contributed by atoms with Crippen molar-refractivity contribution in [2.24, 2.45) is 0 Å². The van der Waals surface area contributed by atoms with Gasteiger partial charge in [0.1, 0.15) is 10.6 Å². The Morgan fingerprint density at radius 3 is 2.77 bits per heavy atom. The number of amides is 1. The molecule has 1 unspecified atom stereocenters. The first kappa shape index (κ1) is 17.0. The Morgan fingerprint density at radius 2 is 2.14 bits per heavy atom. The number of anilines is 1. The van der Waals surface area contributed by atoms with Crippen molar-refractivity contribution in [2.45, 2.75) is 65.0 Å². The molecule has 7 heteroatoms. The van der Waals surface area contributed by atoms with Crippen LogP contribution in [0.25, 0.3) is 0 Å². The van der Waals surface area contributed by atoms with E-state index in [0.29, 0.717) is 12.6 Å². The molecule has 1 aromatic heterocycles. The topological polar surface area (TPSA) is 67.4 Å². The molecule has 1 aliphatic heterocycles. The molecule has 6 nitrogen and oxygen atoms in total. The van der Waals surface area contributed by atoms with E-state index in [1.807, 2.05) is 25.7 Å². The average molecular weight is 326 g/mol. The van der Waals surface area contributed by atoms with Gasteiger partial charge in [-0.05, 0) is 46.5 Å². The van der Waals surface area contributed by atoms with Gasteiger partial charge in [-0.1, -0.05) is 18.3 Å². The van der Waals surface area contributed by atoms with Crippen molar-refractivity contribution in [3.63, 3.8) is 0 Å². The molecule has 0 saturated carbocycles. The minimum Gasteiger partial charge on any atom is -0.444 e. The van der Waals surface area contributed by atoms with E-state index in [0.717, 1.165) is 42.4 Å². The summed E-state index contributed by atoms with van der Waals surface area (Å²) < 4.78 is 5.45. The fourth-order valence-electron chi connectivity index (χ4n) is 2.38. The fourth-order valence-corrected chi connectivity index (χ4v) is 3.14. The molecule has 0 bridgehead atoms. The highest BCUT2D eigenvalue weighted by atomic mass is 32.1. The van der Waals surface area contributed by atoms with Crippen LogP contribution in [0.1, 0.15) is 52.0 Å². The summed E-state index contributed by atoms with van der Waals surface area (Å²) in [5, 5.41) is 13.7. The predicted molar refractivity (Wildman–Crippen MR) is 88.4 cm³/mol. The highest BCUT2D eigenvalue weighted by Gasteiger charge is 2.25. The number of hydrogen-bond donors (Lipinski definition) is 1. The predicted octanol–water partition coefficient (Wildman–Crippen LogP) is 3.30. The largest absolute Gasteiger partial charge is 0.444 e. The van der Waals surface area contributed by atoms with Crippen molar-refractivity contribution in [2.75, 3.05) is 18.4 Å². The zero-order chi connectivity index (χ0) is 16.2. The Kier molecular flexibility index (Phi) is 5.61. The molecule has 2 rings (SSSR count). The van der Waals surface area contributed by atoms with Crippen LogP contribution >= 0.6 is 11.3 Å². The van der Waals surface area contributed by atoms with Gasteiger partial charge in [0.05, 0.1) is 0 Å². The highest BCUT2D eigenvalue weighted by Crippen LogP contribution is 2.21. The summed E-state index contributed by atoms with van der Waals surface area (Å²) in [6.07, 6.45) is 3.60. The number of hydrogen-bond acceptors (Lipinski definition) is 6. The molecular formula is C15H26N4O2S. The van der Waals surface area contributed by atoms with Gasteiger partial charge in [0.15, 0.2) is 0 Å². The fraction of sp³-hybridized carbons (Fsp3) is 0.800. The van der Waals surface area contributed by atoms with Crippen LogP contribution in [0.15, 0.2) is 0 Å². The zero-order valence-electron chi connectivity index (χ0n) is 13.9. The Labute approximate surface area is 136 Å². The second-order valence-electron chi connectivity index (χ2n) is 6.59. The van der Waals surface area contributed by atoms with E-state index in [9.17, 15) is 4.79 Å². The molecule has 0 radical (unpaired) electrons. The quantitative estimate of drug-likeness (QED) is 0.923. The Hall–Kier alpha value is -1.37. The maximum Gasteiger partial charge on any atom is 0.410 e. The first-order valence-electron chi connectivity index (χ1n) is 7.94. The lowest BCUT2D eigenvalue weighted by molar-refractivity contribution is 0.0256. The number of aryl methyl sites for hydroxylation is 1. The number of nitrogens with zero attached hydrogens (tertiary/aromatic N) is 3. The summed E-state index contributed by atoms with van der Waals surface area (Å²) in [6.45, 7) is 9.24. The molecule has 0 aromatic carbocycles. The Bertz CT molecular complexity index is 498. The van der Waals surface area contributed by atoms with Gasteiger partial charge in [-0.25, -0.2) is 4.79 Å². The maximum atomic E-state index is 12.1. The molecular weight excluding hydrogens is 300 g/mol. The lowest BCUT2D eigenvalue weighted by atomic mass is 10.1. The van der Waals surface area contributed by atoms with E-state index in [2.05, 4.69) is 22.4 Å². The van der Waals surface area contributed by atoms with Crippen LogP contribution in [0.3, 0.4) is 0 Å². The van der Waals surface area contributed by atoms with Gasteiger partial charge < -0.3 is 15.0 Å². The third kappa shape index (κ3) is 5.12.